The van der Waals surface area contributed by atoms with E-state index in [1.807, 2.05) is 0 Å². The first-order valence-electron chi connectivity index (χ1n) is 9.62. The zero-order valence-electron chi connectivity index (χ0n) is 15.4. The molecular weight excluding hydrogens is 318 g/mol. The lowest BCUT2D eigenvalue weighted by Crippen LogP contribution is -2.22. The maximum atomic E-state index is 4.97. The average molecular weight is 341 g/mol. The third-order valence-electron chi connectivity index (χ3n) is 5.77. The first-order valence-corrected chi connectivity index (χ1v) is 9.62. The Morgan fingerprint density at radius 1 is 0.923 bits per heavy atom. The minimum atomic E-state index is 0.919. The predicted molar refractivity (Wildman–Crippen MR) is 107 cm³/mol. The van der Waals surface area contributed by atoms with E-state index in [0.29, 0.717) is 0 Å². The van der Waals surface area contributed by atoms with Crippen molar-refractivity contribution < 1.29 is 0 Å². The molecule has 0 radical (unpaired) electrons. The summed E-state index contributed by atoms with van der Waals surface area (Å²) in [6.45, 7) is 7.40. The number of hydrogen-bond donors (Lipinski definition) is 0. The molecule has 0 atom stereocenters. The van der Waals surface area contributed by atoms with E-state index in [2.05, 4.69) is 66.2 Å². The lowest BCUT2D eigenvalue weighted by Gasteiger charge is -2.22. The molecule has 0 aliphatic carbocycles. The van der Waals surface area contributed by atoms with E-state index in [4.69, 9.17) is 4.99 Å². The van der Waals surface area contributed by atoms with Gasteiger partial charge in [-0.1, -0.05) is 12.1 Å². The molecule has 0 amide bonds. The van der Waals surface area contributed by atoms with Gasteiger partial charge in [0, 0.05) is 31.7 Å². The second-order valence-electron chi connectivity index (χ2n) is 7.17. The molecule has 3 heteroatoms. The summed E-state index contributed by atoms with van der Waals surface area (Å²) in [6.07, 6.45) is 2.00. The van der Waals surface area contributed by atoms with E-state index in [1.165, 1.54) is 38.5 Å². The molecule has 3 aromatic rings. The molecule has 0 aromatic heterocycles. The summed E-state index contributed by atoms with van der Waals surface area (Å²) >= 11 is 0. The minimum absolute atomic E-state index is 0.919. The zero-order chi connectivity index (χ0) is 17.7. The summed E-state index contributed by atoms with van der Waals surface area (Å²) in [4.78, 5) is 12.0. The van der Waals surface area contributed by atoms with Gasteiger partial charge in [0.2, 0.25) is 0 Å². The van der Waals surface area contributed by atoms with E-state index >= 15 is 0 Å². The molecule has 0 spiro atoms. The van der Waals surface area contributed by atoms with E-state index in [9.17, 15) is 0 Å². The first-order chi connectivity index (χ1) is 12.8. The highest BCUT2D eigenvalue weighted by molar-refractivity contribution is 5.92. The second-order valence-corrected chi connectivity index (χ2v) is 7.17. The number of nitrogens with zero attached hydrogens (tertiary/aromatic N) is 3. The minimum Gasteiger partial charge on any atom is -0.372 e. The van der Waals surface area contributed by atoms with E-state index in [-0.39, 0.29) is 0 Å². The Balaban J connectivity index is 1.67. The van der Waals surface area contributed by atoms with Crippen molar-refractivity contribution in [2.45, 2.75) is 26.7 Å². The van der Waals surface area contributed by atoms with Gasteiger partial charge in [-0.15, -0.1) is 0 Å². The van der Waals surface area contributed by atoms with Crippen molar-refractivity contribution in [2.24, 2.45) is 9.98 Å². The quantitative estimate of drug-likeness (QED) is 0.558. The Morgan fingerprint density at radius 2 is 1.77 bits per heavy atom. The summed E-state index contributed by atoms with van der Waals surface area (Å²) in [7, 11) is 0. The van der Waals surface area contributed by atoms with E-state index in [1.54, 1.807) is 0 Å². The van der Waals surface area contributed by atoms with Gasteiger partial charge in [0.25, 0.3) is 0 Å². The molecule has 2 aliphatic heterocycles. The predicted octanol–water partition coefficient (Wildman–Crippen LogP) is 3.72. The Hall–Kier alpha value is -2.68. The van der Waals surface area contributed by atoms with Crippen LogP contribution in [-0.2, 0) is 12.8 Å². The van der Waals surface area contributed by atoms with Crippen LogP contribution in [0.15, 0.2) is 52.4 Å². The van der Waals surface area contributed by atoms with Gasteiger partial charge in [0.1, 0.15) is 0 Å². The first kappa shape index (κ1) is 15.6. The molecule has 0 unspecified atom stereocenters. The monoisotopic (exact) mass is 341 g/mol. The Bertz CT molecular complexity index is 1140. The number of fused-ring (bicyclic) bond motifs is 5. The van der Waals surface area contributed by atoms with Crippen LogP contribution in [0.5, 0.6) is 0 Å². The van der Waals surface area contributed by atoms with E-state index in [0.717, 1.165) is 43.5 Å². The van der Waals surface area contributed by atoms with Crippen LogP contribution in [0.25, 0.3) is 10.8 Å². The van der Waals surface area contributed by atoms with Crippen LogP contribution >= 0.6 is 0 Å². The summed E-state index contributed by atoms with van der Waals surface area (Å²) in [6, 6.07) is 15.8. The van der Waals surface area contributed by atoms with Crippen molar-refractivity contribution in [2.75, 3.05) is 24.5 Å². The maximum Gasteiger partial charge on any atom is 0.0678 e. The maximum absolute atomic E-state index is 4.97. The van der Waals surface area contributed by atoms with Crippen LogP contribution in [0, 0.1) is 0 Å². The molecule has 26 heavy (non-hydrogen) atoms. The van der Waals surface area contributed by atoms with Crippen molar-refractivity contribution in [1.82, 2.24) is 0 Å². The standard InChI is InChI=1S/C23H23N3/c1-3-26(4-2)18-6-7-19-15(11-18)5-8-21-20(19)12-17-14-22-16(9-10-24-22)13-23(17)25-21/h5-8,11,13-14H,3-4,9-10,12H2,1-2H3. The summed E-state index contributed by atoms with van der Waals surface area (Å²) in [5, 5.41) is 4.93. The molecule has 5 rings (SSSR count). The average Bonchev–Trinajstić information content (AvgIpc) is 3.12. The van der Waals surface area contributed by atoms with Gasteiger partial charge in [-0.2, -0.15) is 0 Å². The molecule has 2 aliphatic rings. The topological polar surface area (TPSA) is 28.0 Å². The van der Waals surface area contributed by atoms with Crippen LogP contribution in [0.3, 0.4) is 0 Å². The van der Waals surface area contributed by atoms with Crippen LogP contribution in [0.2, 0.25) is 0 Å². The fraction of sp³-hybridized carbons (Fsp3) is 0.304. The number of hydrogen-bond acceptors (Lipinski definition) is 3. The smallest absolute Gasteiger partial charge is 0.0678 e. The van der Waals surface area contributed by atoms with Crippen molar-refractivity contribution in [3.63, 3.8) is 0 Å². The van der Waals surface area contributed by atoms with E-state index < -0.39 is 0 Å². The van der Waals surface area contributed by atoms with Crippen LogP contribution in [-0.4, -0.2) is 19.6 Å². The molecule has 130 valence electrons. The van der Waals surface area contributed by atoms with Crippen LogP contribution in [0.1, 0.15) is 30.5 Å². The number of benzene rings is 3. The Morgan fingerprint density at radius 3 is 2.62 bits per heavy atom. The largest absolute Gasteiger partial charge is 0.372 e. The van der Waals surface area contributed by atoms with Crippen molar-refractivity contribution in [3.8, 4) is 0 Å². The van der Waals surface area contributed by atoms with Crippen LogP contribution < -0.4 is 15.6 Å². The fourth-order valence-electron chi connectivity index (χ4n) is 4.32. The lowest BCUT2D eigenvalue weighted by atomic mass is 9.93. The third kappa shape index (κ3) is 2.34. The van der Waals surface area contributed by atoms with Crippen molar-refractivity contribution in [1.29, 1.82) is 0 Å². The molecule has 0 saturated carbocycles. The van der Waals surface area contributed by atoms with Crippen molar-refractivity contribution >= 4 is 22.1 Å². The Kier molecular flexibility index (Phi) is 3.56. The van der Waals surface area contributed by atoms with Gasteiger partial charge in [0.05, 0.1) is 16.4 Å². The highest BCUT2D eigenvalue weighted by Gasteiger charge is 2.17. The molecule has 2 heterocycles. The highest BCUT2D eigenvalue weighted by Crippen LogP contribution is 2.33. The van der Waals surface area contributed by atoms with Gasteiger partial charge in [-0.3, -0.25) is 4.99 Å². The molecule has 0 N–H and O–H groups in total. The molecule has 3 aromatic carbocycles. The van der Waals surface area contributed by atoms with Crippen molar-refractivity contribution in [3.05, 3.63) is 69.9 Å². The Labute approximate surface area is 153 Å². The third-order valence-corrected chi connectivity index (χ3v) is 5.77. The molecule has 0 fully saturated rings. The lowest BCUT2D eigenvalue weighted by molar-refractivity contribution is 0.867. The number of rotatable bonds is 3. The van der Waals surface area contributed by atoms with Gasteiger partial charge in [-0.25, -0.2) is 4.99 Å². The van der Waals surface area contributed by atoms with Gasteiger partial charge in [-0.05, 0) is 78.1 Å². The SMILES string of the molecule is CCN(CC)c1ccc2c3c(ccc2c1)N=c1cc2c(cc1C3)=NCC2. The van der Waals surface area contributed by atoms with Gasteiger partial charge < -0.3 is 4.90 Å². The summed E-state index contributed by atoms with van der Waals surface area (Å²) in [5.41, 5.74) is 6.42. The molecular formula is C23H23N3. The second kappa shape index (κ2) is 5.94. The zero-order valence-corrected chi connectivity index (χ0v) is 15.4. The van der Waals surface area contributed by atoms with Crippen LogP contribution in [0.4, 0.5) is 11.4 Å². The fourth-order valence-corrected chi connectivity index (χ4v) is 4.32. The summed E-state index contributed by atoms with van der Waals surface area (Å²) < 4.78 is 0. The normalized spacial score (nSPS) is 14.2. The number of anilines is 1. The summed E-state index contributed by atoms with van der Waals surface area (Å²) in [5.74, 6) is 0. The van der Waals surface area contributed by atoms with Gasteiger partial charge >= 0.3 is 0 Å². The molecule has 0 bridgehead atoms. The highest BCUT2D eigenvalue weighted by atomic mass is 15.1. The molecule has 0 saturated heterocycles. The molecule has 3 nitrogen and oxygen atoms in total. The van der Waals surface area contributed by atoms with Gasteiger partial charge in [0.15, 0.2) is 0 Å².